The third-order valence-electron chi connectivity index (χ3n) is 4.16. The van der Waals surface area contributed by atoms with Crippen LogP contribution in [0.1, 0.15) is 25.8 Å². The zero-order valence-electron chi connectivity index (χ0n) is 16.6. The van der Waals surface area contributed by atoms with Gasteiger partial charge in [0.05, 0.1) is 10.6 Å². The maximum Gasteiger partial charge on any atom is 0.191 e. The molecule has 29 heavy (non-hydrogen) atoms. The number of nitrogens with one attached hydrogen (secondary N) is 2. The van der Waals surface area contributed by atoms with Gasteiger partial charge in [0.1, 0.15) is 5.15 Å². The van der Waals surface area contributed by atoms with E-state index in [2.05, 4.69) is 20.6 Å². The van der Waals surface area contributed by atoms with Crippen LogP contribution < -0.4 is 10.6 Å². The van der Waals surface area contributed by atoms with Gasteiger partial charge < -0.3 is 10.6 Å². The van der Waals surface area contributed by atoms with E-state index < -0.39 is 9.84 Å². The van der Waals surface area contributed by atoms with E-state index in [0.717, 1.165) is 12.0 Å². The fourth-order valence-corrected chi connectivity index (χ4v) is 4.34. The van der Waals surface area contributed by atoms with Crippen molar-refractivity contribution in [3.63, 3.8) is 0 Å². The van der Waals surface area contributed by atoms with Gasteiger partial charge in [-0.2, -0.15) is 0 Å². The number of nitrogens with zero attached hydrogens (tertiary/aromatic N) is 2. The third-order valence-corrected chi connectivity index (χ3v) is 6.22. The fraction of sp³-hybridized carbons (Fsp3) is 0.400. The largest absolute Gasteiger partial charge is 0.357 e. The van der Waals surface area contributed by atoms with Crippen LogP contribution in [0.2, 0.25) is 5.15 Å². The molecule has 0 fully saturated rings. The van der Waals surface area contributed by atoms with Crippen LogP contribution in [0.5, 0.6) is 0 Å². The van der Waals surface area contributed by atoms with Gasteiger partial charge in [-0.15, -0.1) is 24.0 Å². The average Bonchev–Trinajstić information content (AvgIpc) is 2.69. The van der Waals surface area contributed by atoms with Crippen LogP contribution in [0.25, 0.3) is 0 Å². The number of pyridine rings is 1. The molecular weight excluding hydrogens is 523 g/mol. The van der Waals surface area contributed by atoms with Gasteiger partial charge in [0.25, 0.3) is 0 Å². The number of rotatable bonds is 9. The summed E-state index contributed by atoms with van der Waals surface area (Å²) in [7, 11) is -3.37. The minimum Gasteiger partial charge on any atom is -0.357 e. The van der Waals surface area contributed by atoms with Crippen LogP contribution in [0, 0.1) is 0 Å². The molecule has 1 aromatic heterocycles. The zero-order valence-corrected chi connectivity index (χ0v) is 20.5. The molecule has 2 N–H and O–H groups in total. The van der Waals surface area contributed by atoms with E-state index in [9.17, 15) is 8.42 Å². The Labute approximate surface area is 195 Å². The molecule has 0 amide bonds. The normalized spacial score (nSPS) is 12.7. The number of aromatic nitrogens is 1. The lowest BCUT2D eigenvalue weighted by Gasteiger charge is -2.20. The number of benzene rings is 1. The van der Waals surface area contributed by atoms with E-state index in [4.69, 9.17) is 11.6 Å². The van der Waals surface area contributed by atoms with E-state index in [1.54, 1.807) is 42.6 Å². The summed E-state index contributed by atoms with van der Waals surface area (Å²) in [6, 6.07) is 12.0. The first-order valence-corrected chi connectivity index (χ1v) is 11.4. The maximum absolute atomic E-state index is 12.6. The Morgan fingerprint density at radius 3 is 2.48 bits per heavy atom. The maximum atomic E-state index is 12.6. The van der Waals surface area contributed by atoms with Gasteiger partial charge in [-0.25, -0.2) is 13.4 Å². The van der Waals surface area contributed by atoms with Crippen LogP contribution in [0.3, 0.4) is 0 Å². The minimum absolute atomic E-state index is 0. The molecule has 1 unspecified atom stereocenters. The molecule has 0 aliphatic heterocycles. The highest BCUT2D eigenvalue weighted by Crippen LogP contribution is 2.12. The highest BCUT2D eigenvalue weighted by molar-refractivity contribution is 14.0. The lowest BCUT2D eigenvalue weighted by atomic mass is 10.2. The predicted octanol–water partition coefficient (Wildman–Crippen LogP) is 3.70. The van der Waals surface area contributed by atoms with Gasteiger partial charge in [0.2, 0.25) is 0 Å². The van der Waals surface area contributed by atoms with E-state index in [-0.39, 0.29) is 35.8 Å². The number of hydrogen-bond donors (Lipinski definition) is 2. The van der Waals surface area contributed by atoms with Gasteiger partial charge in [-0.3, -0.25) is 4.99 Å². The van der Waals surface area contributed by atoms with E-state index in [1.165, 1.54) is 0 Å². The summed E-state index contributed by atoms with van der Waals surface area (Å²) < 4.78 is 25.3. The monoisotopic (exact) mass is 550 g/mol. The molecule has 1 heterocycles. The fourth-order valence-electron chi connectivity index (χ4n) is 2.61. The quantitative estimate of drug-likeness (QED) is 0.215. The van der Waals surface area contributed by atoms with Crippen LogP contribution in [-0.4, -0.2) is 44.2 Å². The molecule has 0 aliphatic rings. The standard InChI is InChI=1S/C20H27ClN4O2S.HI/c1-3-17(15-28(26,27)18-8-6-5-7-9-18)25-20(22-4-2)23-13-12-16-10-11-19(21)24-14-16;/h5-11,14,17H,3-4,12-13,15H2,1-2H3,(H2,22,23,25);1H. The number of halogens is 2. The van der Waals surface area contributed by atoms with Crippen LogP contribution in [0.4, 0.5) is 0 Å². The summed E-state index contributed by atoms with van der Waals surface area (Å²) in [6.07, 6.45) is 3.12. The number of hydrogen-bond acceptors (Lipinski definition) is 4. The van der Waals surface area contributed by atoms with Crippen molar-refractivity contribution < 1.29 is 8.42 Å². The molecule has 2 aromatic rings. The van der Waals surface area contributed by atoms with Gasteiger partial charge in [-0.05, 0) is 43.5 Å². The number of aliphatic imine (C=N–C) groups is 1. The molecule has 6 nitrogen and oxygen atoms in total. The van der Waals surface area contributed by atoms with Crippen molar-refractivity contribution in [1.29, 1.82) is 0 Å². The third kappa shape index (κ3) is 8.88. The summed E-state index contributed by atoms with van der Waals surface area (Å²) in [5.41, 5.74) is 1.04. The molecule has 0 saturated heterocycles. The lowest BCUT2D eigenvalue weighted by Crippen LogP contribution is -2.46. The van der Waals surface area contributed by atoms with Crippen LogP contribution in [0.15, 0.2) is 58.5 Å². The minimum atomic E-state index is -3.37. The Hall–Kier alpha value is -1.39. The molecule has 0 aliphatic carbocycles. The van der Waals surface area contributed by atoms with Gasteiger partial charge in [-0.1, -0.05) is 42.8 Å². The van der Waals surface area contributed by atoms with Crippen molar-refractivity contribution in [2.75, 3.05) is 18.8 Å². The first-order chi connectivity index (χ1) is 13.4. The molecular formula is C20H28ClIN4O2S. The Morgan fingerprint density at radius 1 is 1.17 bits per heavy atom. The summed E-state index contributed by atoms with van der Waals surface area (Å²) in [6.45, 7) is 5.18. The van der Waals surface area contributed by atoms with Gasteiger partial charge >= 0.3 is 0 Å². The van der Waals surface area contributed by atoms with Crippen LogP contribution in [-0.2, 0) is 16.3 Å². The summed E-state index contributed by atoms with van der Waals surface area (Å²) in [5, 5.41) is 6.89. The molecule has 0 bridgehead atoms. The Balaban J connectivity index is 0.00000420. The van der Waals surface area contributed by atoms with Crippen molar-refractivity contribution in [1.82, 2.24) is 15.6 Å². The Kier molecular flexibility index (Phi) is 11.5. The molecule has 0 radical (unpaired) electrons. The number of sulfone groups is 1. The second kappa shape index (κ2) is 13.0. The second-order valence-corrected chi connectivity index (χ2v) is 8.77. The van der Waals surface area contributed by atoms with E-state index in [0.29, 0.717) is 35.5 Å². The highest BCUT2D eigenvalue weighted by Gasteiger charge is 2.20. The average molecular weight is 551 g/mol. The summed E-state index contributed by atoms with van der Waals surface area (Å²) >= 11 is 5.80. The molecule has 2 rings (SSSR count). The Bertz CT molecular complexity index is 862. The molecule has 0 spiro atoms. The first-order valence-electron chi connectivity index (χ1n) is 9.37. The Morgan fingerprint density at radius 2 is 1.90 bits per heavy atom. The molecule has 1 atom stereocenters. The number of guanidine groups is 1. The van der Waals surface area contributed by atoms with Crippen molar-refractivity contribution in [3.8, 4) is 0 Å². The van der Waals surface area contributed by atoms with Gasteiger partial charge in [0.15, 0.2) is 15.8 Å². The lowest BCUT2D eigenvalue weighted by molar-refractivity contribution is 0.569. The van der Waals surface area contributed by atoms with Crippen molar-refractivity contribution in [2.24, 2.45) is 4.99 Å². The van der Waals surface area contributed by atoms with Crippen molar-refractivity contribution in [2.45, 2.75) is 37.6 Å². The smallest absolute Gasteiger partial charge is 0.191 e. The summed E-state index contributed by atoms with van der Waals surface area (Å²) in [5.74, 6) is 0.624. The molecule has 160 valence electrons. The molecule has 0 saturated carbocycles. The van der Waals surface area contributed by atoms with Crippen molar-refractivity contribution >= 4 is 51.4 Å². The van der Waals surface area contributed by atoms with E-state index >= 15 is 0 Å². The highest BCUT2D eigenvalue weighted by atomic mass is 127. The van der Waals surface area contributed by atoms with Crippen LogP contribution >= 0.6 is 35.6 Å². The molecule has 9 heteroatoms. The first kappa shape index (κ1) is 25.6. The van der Waals surface area contributed by atoms with Crippen molar-refractivity contribution in [3.05, 3.63) is 59.4 Å². The molecule has 1 aromatic carbocycles. The summed E-state index contributed by atoms with van der Waals surface area (Å²) in [4.78, 5) is 8.96. The predicted molar refractivity (Wildman–Crippen MR) is 130 cm³/mol. The zero-order chi connectivity index (χ0) is 20.4. The SMILES string of the molecule is CCNC(=NCCc1ccc(Cl)nc1)NC(CC)CS(=O)(=O)c1ccccc1.I. The topological polar surface area (TPSA) is 83.4 Å². The van der Waals surface area contributed by atoms with E-state index in [1.807, 2.05) is 19.9 Å². The van der Waals surface area contributed by atoms with Gasteiger partial charge in [0, 0.05) is 25.3 Å². The second-order valence-electron chi connectivity index (χ2n) is 6.34.